The molecule has 1 amide bonds. The molecule has 0 radical (unpaired) electrons. The molecule has 0 aliphatic carbocycles. The summed E-state index contributed by atoms with van der Waals surface area (Å²) in [6, 6.07) is 7.20. The molecule has 104 valence electrons. The maximum Gasteiger partial charge on any atom is 0.252 e. The van der Waals surface area contributed by atoms with Crippen molar-refractivity contribution in [3.63, 3.8) is 0 Å². The summed E-state index contributed by atoms with van der Waals surface area (Å²) in [7, 11) is 0. The van der Waals surface area contributed by atoms with Gasteiger partial charge in [-0.25, -0.2) is 0 Å². The van der Waals surface area contributed by atoms with E-state index in [0.29, 0.717) is 12.1 Å². The predicted octanol–water partition coefficient (Wildman–Crippen LogP) is 3.20. The minimum Gasteiger partial charge on any atom is -0.333 e. The molecule has 0 fully saturated rings. The van der Waals surface area contributed by atoms with E-state index in [-0.39, 0.29) is 5.91 Å². The van der Waals surface area contributed by atoms with Crippen LogP contribution in [0.15, 0.2) is 36.9 Å². The van der Waals surface area contributed by atoms with Crippen LogP contribution in [0.4, 0.5) is 0 Å². The van der Waals surface area contributed by atoms with Crippen molar-refractivity contribution in [3.8, 4) is 0 Å². The van der Waals surface area contributed by atoms with Crippen molar-refractivity contribution >= 4 is 40.7 Å². The van der Waals surface area contributed by atoms with Gasteiger partial charge in [-0.2, -0.15) is 0 Å². The van der Waals surface area contributed by atoms with E-state index >= 15 is 0 Å². The van der Waals surface area contributed by atoms with Crippen molar-refractivity contribution in [2.45, 2.75) is 16.9 Å². The monoisotopic (exact) mass is 320 g/mol. The van der Waals surface area contributed by atoms with Gasteiger partial charge in [0.2, 0.25) is 3.79 Å². The molecular weight excluding hydrogens is 307 g/mol. The summed E-state index contributed by atoms with van der Waals surface area (Å²) in [5.41, 5.74) is 1.40. The Morgan fingerprint density at radius 2 is 2.05 bits per heavy atom. The first-order valence-corrected chi connectivity index (χ1v) is 6.77. The van der Waals surface area contributed by atoms with Gasteiger partial charge in [-0.1, -0.05) is 59.1 Å². The summed E-state index contributed by atoms with van der Waals surface area (Å²) >= 11 is 17.5. The van der Waals surface area contributed by atoms with Crippen molar-refractivity contribution in [2.24, 2.45) is 0 Å². The van der Waals surface area contributed by atoms with E-state index < -0.39 is 9.96 Å². The largest absolute Gasteiger partial charge is 0.333 e. The molecule has 0 saturated carbocycles. The van der Waals surface area contributed by atoms with Gasteiger partial charge in [0.1, 0.15) is 6.17 Å². The third-order valence-electron chi connectivity index (χ3n) is 2.46. The molecule has 1 aromatic carbocycles. The second-order valence-electron chi connectivity index (χ2n) is 3.96. The summed E-state index contributed by atoms with van der Waals surface area (Å²) in [5, 5.41) is 5.54. The fraction of sp³-hybridized carbons (Fsp3) is 0.308. The average Bonchev–Trinajstić information content (AvgIpc) is 2.33. The molecular formula is C13H15Cl3N2O. The Labute approximate surface area is 127 Å². The van der Waals surface area contributed by atoms with Gasteiger partial charge in [-0.3, -0.25) is 10.1 Å². The number of benzene rings is 1. The van der Waals surface area contributed by atoms with Crippen LogP contribution in [0, 0.1) is 6.92 Å². The first-order chi connectivity index (χ1) is 8.86. The molecule has 3 nitrogen and oxygen atoms in total. The number of rotatable bonds is 5. The minimum atomic E-state index is -1.65. The van der Waals surface area contributed by atoms with Gasteiger partial charge in [0, 0.05) is 12.1 Å². The number of carbonyl (C=O) groups excluding carboxylic acids is 1. The Hall–Kier alpha value is -0.740. The molecule has 0 heterocycles. The van der Waals surface area contributed by atoms with E-state index in [1.54, 1.807) is 18.2 Å². The third-order valence-corrected chi connectivity index (χ3v) is 3.11. The number of hydrogen-bond donors (Lipinski definition) is 2. The number of alkyl halides is 3. The molecule has 0 bridgehead atoms. The normalized spacial score (nSPS) is 12.8. The van der Waals surface area contributed by atoms with E-state index in [0.717, 1.165) is 5.56 Å². The molecule has 2 N–H and O–H groups in total. The number of hydrogen-bond acceptors (Lipinski definition) is 2. The summed E-state index contributed by atoms with van der Waals surface area (Å²) < 4.78 is -1.65. The number of nitrogens with one attached hydrogen (secondary N) is 2. The summed E-state index contributed by atoms with van der Waals surface area (Å²) in [5.74, 6) is -0.300. The van der Waals surface area contributed by atoms with Crippen LogP contribution in [0.25, 0.3) is 0 Å². The zero-order chi connectivity index (χ0) is 14.5. The fourth-order valence-corrected chi connectivity index (χ4v) is 1.88. The highest BCUT2D eigenvalue weighted by molar-refractivity contribution is 6.68. The van der Waals surface area contributed by atoms with E-state index in [4.69, 9.17) is 34.8 Å². The van der Waals surface area contributed by atoms with E-state index in [9.17, 15) is 4.79 Å². The van der Waals surface area contributed by atoms with Crippen LogP contribution in [0.2, 0.25) is 0 Å². The lowest BCUT2D eigenvalue weighted by Crippen LogP contribution is -2.53. The van der Waals surface area contributed by atoms with Crippen LogP contribution in [-0.4, -0.2) is 22.4 Å². The Morgan fingerprint density at radius 3 is 2.58 bits per heavy atom. The first-order valence-electron chi connectivity index (χ1n) is 5.63. The van der Waals surface area contributed by atoms with Gasteiger partial charge < -0.3 is 5.32 Å². The molecule has 0 aromatic heterocycles. The average molecular weight is 322 g/mol. The summed E-state index contributed by atoms with van der Waals surface area (Å²) in [6.45, 7) is 5.81. The number of amides is 1. The van der Waals surface area contributed by atoms with Gasteiger partial charge in [0.05, 0.1) is 0 Å². The van der Waals surface area contributed by atoms with Crippen molar-refractivity contribution in [1.82, 2.24) is 10.6 Å². The van der Waals surface area contributed by atoms with Crippen LogP contribution in [-0.2, 0) is 0 Å². The van der Waals surface area contributed by atoms with Gasteiger partial charge in [-0.05, 0) is 18.6 Å². The van der Waals surface area contributed by atoms with Crippen LogP contribution in [0.5, 0.6) is 0 Å². The van der Waals surface area contributed by atoms with Crippen molar-refractivity contribution in [2.75, 3.05) is 6.54 Å². The van der Waals surface area contributed by atoms with Gasteiger partial charge in [0.15, 0.2) is 0 Å². The molecule has 0 unspecified atom stereocenters. The van der Waals surface area contributed by atoms with Gasteiger partial charge >= 0.3 is 0 Å². The summed E-state index contributed by atoms with van der Waals surface area (Å²) in [6.07, 6.45) is 0.811. The highest BCUT2D eigenvalue weighted by Crippen LogP contribution is 2.29. The lowest BCUT2D eigenvalue weighted by atomic mass is 10.1. The number of aryl methyl sites for hydroxylation is 1. The molecule has 1 aromatic rings. The third kappa shape index (κ3) is 5.03. The molecule has 6 heteroatoms. The fourth-order valence-electron chi connectivity index (χ4n) is 1.49. The Morgan fingerprint density at radius 1 is 1.42 bits per heavy atom. The van der Waals surface area contributed by atoms with Crippen molar-refractivity contribution < 1.29 is 4.79 Å². The molecule has 0 aliphatic heterocycles. The van der Waals surface area contributed by atoms with Crippen LogP contribution in [0.1, 0.15) is 15.9 Å². The SMILES string of the molecule is C=CCN[C@H](NC(=O)c1ccccc1C)C(Cl)(Cl)Cl. The standard InChI is InChI=1S/C13H15Cl3N2O/c1-3-8-17-12(13(14,15)16)18-11(19)10-7-5-4-6-9(10)2/h3-7,12,17H,1,8H2,2H3,(H,18,19)/t12-/m1/s1. The van der Waals surface area contributed by atoms with Crippen LogP contribution >= 0.6 is 34.8 Å². The maximum absolute atomic E-state index is 12.1. The number of halogens is 3. The van der Waals surface area contributed by atoms with Crippen LogP contribution < -0.4 is 10.6 Å². The minimum absolute atomic E-state index is 0.300. The van der Waals surface area contributed by atoms with Gasteiger partial charge in [0.25, 0.3) is 5.91 Å². The molecule has 0 aliphatic rings. The molecule has 19 heavy (non-hydrogen) atoms. The molecule has 0 spiro atoms. The van der Waals surface area contributed by atoms with E-state index in [2.05, 4.69) is 17.2 Å². The Balaban J connectivity index is 2.82. The Kier molecular flexibility index (Phi) is 6.14. The molecule has 0 saturated heterocycles. The summed E-state index contributed by atoms with van der Waals surface area (Å²) in [4.78, 5) is 12.1. The Bertz CT molecular complexity index is 457. The maximum atomic E-state index is 12.1. The lowest BCUT2D eigenvalue weighted by molar-refractivity contribution is 0.0930. The van der Waals surface area contributed by atoms with Crippen molar-refractivity contribution in [3.05, 3.63) is 48.0 Å². The molecule has 1 rings (SSSR count). The second-order valence-corrected chi connectivity index (χ2v) is 6.33. The first kappa shape index (κ1) is 16.3. The van der Waals surface area contributed by atoms with E-state index in [1.807, 2.05) is 19.1 Å². The highest BCUT2D eigenvalue weighted by Gasteiger charge is 2.33. The predicted molar refractivity (Wildman–Crippen MR) is 80.9 cm³/mol. The smallest absolute Gasteiger partial charge is 0.252 e. The number of carbonyl (C=O) groups is 1. The van der Waals surface area contributed by atoms with Gasteiger partial charge in [-0.15, -0.1) is 6.58 Å². The zero-order valence-electron chi connectivity index (χ0n) is 10.4. The van der Waals surface area contributed by atoms with Crippen LogP contribution in [0.3, 0.4) is 0 Å². The van der Waals surface area contributed by atoms with E-state index in [1.165, 1.54) is 0 Å². The zero-order valence-corrected chi connectivity index (χ0v) is 12.7. The topological polar surface area (TPSA) is 41.1 Å². The second kappa shape index (κ2) is 7.15. The highest BCUT2D eigenvalue weighted by atomic mass is 35.6. The quantitative estimate of drug-likeness (QED) is 0.497. The van der Waals surface area contributed by atoms with Crippen molar-refractivity contribution in [1.29, 1.82) is 0 Å². The molecule has 1 atom stereocenters. The lowest BCUT2D eigenvalue weighted by Gasteiger charge is -2.26.